The summed E-state index contributed by atoms with van der Waals surface area (Å²) in [7, 11) is 0. The second kappa shape index (κ2) is 4.23. The third kappa shape index (κ3) is 2.32. The molecule has 3 N–H and O–H groups in total. The predicted octanol–water partition coefficient (Wildman–Crippen LogP) is 2.47. The monoisotopic (exact) mass is 204 g/mol. The van der Waals surface area contributed by atoms with E-state index in [4.69, 9.17) is 5.73 Å². The van der Waals surface area contributed by atoms with Gasteiger partial charge in [0.1, 0.15) is 0 Å². The van der Waals surface area contributed by atoms with E-state index >= 15 is 0 Å². The molecule has 1 aliphatic rings. The van der Waals surface area contributed by atoms with Crippen molar-refractivity contribution in [2.75, 3.05) is 5.73 Å². The van der Waals surface area contributed by atoms with Gasteiger partial charge in [0.05, 0.1) is 0 Å². The fourth-order valence-corrected chi connectivity index (χ4v) is 2.22. The van der Waals surface area contributed by atoms with Crippen LogP contribution >= 0.6 is 0 Å². The molecule has 15 heavy (non-hydrogen) atoms. The van der Waals surface area contributed by atoms with E-state index < -0.39 is 0 Å². The summed E-state index contributed by atoms with van der Waals surface area (Å²) in [6.07, 6.45) is 2.64. The Morgan fingerprint density at radius 2 is 2.13 bits per heavy atom. The van der Waals surface area contributed by atoms with Gasteiger partial charge in [-0.3, -0.25) is 0 Å². The van der Waals surface area contributed by atoms with Gasteiger partial charge in [0, 0.05) is 18.3 Å². The van der Waals surface area contributed by atoms with Crippen LogP contribution in [0.3, 0.4) is 0 Å². The number of benzene rings is 1. The van der Waals surface area contributed by atoms with Crippen molar-refractivity contribution >= 4 is 5.69 Å². The van der Waals surface area contributed by atoms with E-state index in [0.29, 0.717) is 0 Å². The minimum Gasteiger partial charge on any atom is -0.399 e. The smallest absolute Gasteiger partial charge is 0.0346 e. The summed E-state index contributed by atoms with van der Waals surface area (Å²) >= 11 is 0. The van der Waals surface area contributed by atoms with E-state index in [0.717, 1.165) is 24.2 Å². The molecule has 1 fully saturated rings. The van der Waals surface area contributed by atoms with Gasteiger partial charge in [-0.15, -0.1) is 0 Å². The molecule has 1 aliphatic carbocycles. The number of nitrogens with two attached hydrogens (primary N) is 1. The van der Waals surface area contributed by atoms with E-state index in [1.807, 2.05) is 12.1 Å². The Hall–Kier alpha value is -1.02. The molecule has 0 aliphatic heterocycles. The van der Waals surface area contributed by atoms with Crippen molar-refractivity contribution in [2.45, 2.75) is 39.3 Å². The Morgan fingerprint density at radius 1 is 1.40 bits per heavy atom. The first-order valence-electron chi connectivity index (χ1n) is 5.74. The summed E-state index contributed by atoms with van der Waals surface area (Å²) in [6.45, 7) is 5.36. The topological polar surface area (TPSA) is 38.0 Å². The van der Waals surface area contributed by atoms with Crippen molar-refractivity contribution in [2.24, 2.45) is 5.92 Å². The van der Waals surface area contributed by atoms with Gasteiger partial charge < -0.3 is 11.1 Å². The first kappa shape index (κ1) is 10.5. The summed E-state index contributed by atoms with van der Waals surface area (Å²) < 4.78 is 0. The fourth-order valence-electron chi connectivity index (χ4n) is 2.22. The van der Waals surface area contributed by atoms with Crippen molar-refractivity contribution in [1.82, 2.24) is 5.32 Å². The molecule has 2 rings (SSSR count). The zero-order valence-corrected chi connectivity index (χ0v) is 9.59. The lowest BCUT2D eigenvalue weighted by Crippen LogP contribution is -2.39. The van der Waals surface area contributed by atoms with Crippen LogP contribution in [0.2, 0.25) is 0 Å². The van der Waals surface area contributed by atoms with E-state index in [1.54, 1.807) is 0 Å². The molecule has 0 heterocycles. The molecule has 0 saturated heterocycles. The third-order valence-corrected chi connectivity index (χ3v) is 3.44. The molecule has 0 amide bonds. The van der Waals surface area contributed by atoms with Gasteiger partial charge in [-0.25, -0.2) is 0 Å². The van der Waals surface area contributed by atoms with Gasteiger partial charge in [0.25, 0.3) is 0 Å². The van der Waals surface area contributed by atoms with Crippen LogP contribution in [0.25, 0.3) is 0 Å². The van der Waals surface area contributed by atoms with Crippen LogP contribution in [-0.4, -0.2) is 6.04 Å². The lowest BCUT2D eigenvalue weighted by molar-refractivity contribution is 0.240. The Labute approximate surface area is 91.9 Å². The zero-order chi connectivity index (χ0) is 10.8. The Bertz CT molecular complexity index is 340. The molecular weight excluding hydrogens is 184 g/mol. The maximum absolute atomic E-state index is 5.87. The number of anilines is 1. The van der Waals surface area contributed by atoms with E-state index in [1.165, 1.54) is 24.0 Å². The van der Waals surface area contributed by atoms with Crippen molar-refractivity contribution < 1.29 is 0 Å². The number of hydrogen-bond donors (Lipinski definition) is 2. The standard InChI is InChI=1S/C13H20N2/c1-9-6-12(7-9)15-8-11-4-3-5-13(14)10(11)2/h3-5,9,12,15H,6-8,14H2,1-2H3. The Kier molecular flexibility index (Phi) is 2.96. The first-order chi connectivity index (χ1) is 7.16. The Balaban J connectivity index is 1.91. The lowest BCUT2D eigenvalue weighted by atomic mass is 9.82. The van der Waals surface area contributed by atoms with Gasteiger partial charge in [-0.2, -0.15) is 0 Å². The predicted molar refractivity (Wildman–Crippen MR) is 64.6 cm³/mol. The zero-order valence-electron chi connectivity index (χ0n) is 9.59. The van der Waals surface area contributed by atoms with E-state index in [-0.39, 0.29) is 0 Å². The highest BCUT2D eigenvalue weighted by atomic mass is 14.9. The highest BCUT2D eigenvalue weighted by Gasteiger charge is 2.24. The molecule has 2 heteroatoms. The van der Waals surface area contributed by atoms with Gasteiger partial charge in [0.2, 0.25) is 0 Å². The molecule has 1 aromatic rings. The van der Waals surface area contributed by atoms with Crippen molar-refractivity contribution in [3.63, 3.8) is 0 Å². The molecule has 2 nitrogen and oxygen atoms in total. The van der Waals surface area contributed by atoms with Crippen LogP contribution in [0, 0.1) is 12.8 Å². The van der Waals surface area contributed by atoms with Crippen molar-refractivity contribution in [3.05, 3.63) is 29.3 Å². The maximum Gasteiger partial charge on any atom is 0.0346 e. The molecule has 0 atom stereocenters. The number of nitrogen functional groups attached to an aromatic ring is 1. The minimum atomic E-state index is 0.723. The molecule has 0 aromatic heterocycles. The van der Waals surface area contributed by atoms with E-state index in [9.17, 15) is 0 Å². The third-order valence-electron chi connectivity index (χ3n) is 3.44. The van der Waals surface area contributed by atoms with E-state index in [2.05, 4.69) is 25.2 Å². The largest absolute Gasteiger partial charge is 0.399 e. The van der Waals surface area contributed by atoms with Crippen LogP contribution in [-0.2, 0) is 6.54 Å². The Morgan fingerprint density at radius 3 is 2.80 bits per heavy atom. The fraction of sp³-hybridized carbons (Fsp3) is 0.538. The van der Waals surface area contributed by atoms with Gasteiger partial charge in [-0.1, -0.05) is 19.1 Å². The normalized spacial score (nSPS) is 24.9. The molecule has 1 aromatic carbocycles. The van der Waals surface area contributed by atoms with Crippen LogP contribution in [0.4, 0.5) is 5.69 Å². The average Bonchev–Trinajstić information content (AvgIpc) is 2.17. The van der Waals surface area contributed by atoms with Crippen LogP contribution in [0.15, 0.2) is 18.2 Å². The van der Waals surface area contributed by atoms with Gasteiger partial charge in [0.15, 0.2) is 0 Å². The second-order valence-electron chi connectivity index (χ2n) is 4.79. The minimum absolute atomic E-state index is 0.723. The molecule has 0 spiro atoms. The molecule has 0 radical (unpaired) electrons. The summed E-state index contributed by atoms with van der Waals surface area (Å²) in [5.74, 6) is 0.907. The average molecular weight is 204 g/mol. The number of nitrogens with one attached hydrogen (secondary N) is 1. The highest BCUT2D eigenvalue weighted by Crippen LogP contribution is 2.26. The quantitative estimate of drug-likeness (QED) is 0.742. The van der Waals surface area contributed by atoms with Crippen LogP contribution in [0.1, 0.15) is 30.9 Å². The van der Waals surface area contributed by atoms with Gasteiger partial charge in [-0.05, 0) is 42.9 Å². The first-order valence-corrected chi connectivity index (χ1v) is 5.74. The van der Waals surface area contributed by atoms with Crippen molar-refractivity contribution in [1.29, 1.82) is 0 Å². The van der Waals surface area contributed by atoms with Crippen LogP contribution in [0.5, 0.6) is 0 Å². The number of hydrogen-bond acceptors (Lipinski definition) is 2. The summed E-state index contributed by atoms with van der Waals surface area (Å²) in [4.78, 5) is 0. The molecule has 82 valence electrons. The maximum atomic E-state index is 5.87. The van der Waals surface area contributed by atoms with Crippen LogP contribution < -0.4 is 11.1 Å². The number of rotatable bonds is 3. The summed E-state index contributed by atoms with van der Waals surface area (Å²) in [5.41, 5.74) is 9.32. The lowest BCUT2D eigenvalue weighted by Gasteiger charge is -2.33. The molecule has 0 unspecified atom stereocenters. The van der Waals surface area contributed by atoms with Crippen molar-refractivity contribution in [3.8, 4) is 0 Å². The summed E-state index contributed by atoms with van der Waals surface area (Å²) in [6, 6.07) is 6.87. The SMILES string of the molecule is Cc1c(N)cccc1CNC1CC(C)C1. The highest BCUT2D eigenvalue weighted by molar-refractivity contribution is 5.49. The molecule has 1 saturated carbocycles. The second-order valence-corrected chi connectivity index (χ2v) is 4.79. The molecule has 0 bridgehead atoms. The summed E-state index contributed by atoms with van der Waals surface area (Å²) in [5, 5.41) is 3.58. The molecular formula is C13H20N2. The van der Waals surface area contributed by atoms with Gasteiger partial charge >= 0.3 is 0 Å².